The summed E-state index contributed by atoms with van der Waals surface area (Å²) in [6.07, 6.45) is 6.82. The topological polar surface area (TPSA) is 49.4 Å². The van der Waals surface area contributed by atoms with Crippen molar-refractivity contribution in [2.45, 2.75) is 49.5 Å². The van der Waals surface area contributed by atoms with Crippen molar-refractivity contribution in [1.82, 2.24) is 4.31 Å². The summed E-state index contributed by atoms with van der Waals surface area (Å²) < 4.78 is 27.7. The first-order valence-electron chi connectivity index (χ1n) is 7.92. The van der Waals surface area contributed by atoms with Crippen LogP contribution in [0.15, 0.2) is 29.2 Å². The number of nitrogens with one attached hydrogen (secondary N) is 1. The van der Waals surface area contributed by atoms with E-state index in [1.807, 2.05) is 19.2 Å². The van der Waals surface area contributed by atoms with Gasteiger partial charge in [-0.3, -0.25) is 0 Å². The highest BCUT2D eigenvalue weighted by Crippen LogP contribution is 2.38. The summed E-state index contributed by atoms with van der Waals surface area (Å²) in [5, 5.41) is 3.02. The van der Waals surface area contributed by atoms with Crippen molar-refractivity contribution in [1.29, 1.82) is 0 Å². The standard InChI is InChI=1S/C16H24N2O2S/c1-17-14-8-10-15(11-9-14)21(19,20)18-12-4-6-13-5-2-3-7-16(13)18/h8-11,13,16-17H,2-7,12H2,1H3. The van der Waals surface area contributed by atoms with Gasteiger partial charge >= 0.3 is 0 Å². The van der Waals surface area contributed by atoms with Gasteiger partial charge in [0, 0.05) is 25.3 Å². The highest BCUT2D eigenvalue weighted by Gasteiger charge is 2.39. The first-order chi connectivity index (χ1) is 10.1. The van der Waals surface area contributed by atoms with Crippen molar-refractivity contribution in [3.63, 3.8) is 0 Å². The zero-order valence-electron chi connectivity index (χ0n) is 12.6. The van der Waals surface area contributed by atoms with E-state index in [0.29, 0.717) is 17.4 Å². The number of hydrogen-bond donors (Lipinski definition) is 1. The molecule has 1 aliphatic carbocycles. The lowest BCUT2D eigenvalue weighted by Gasteiger charge is -2.43. The molecular weight excluding hydrogens is 284 g/mol. The Labute approximate surface area is 127 Å². The van der Waals surface area contributed by atoms with Gasteiger partial charge in [0.15, 0.2) is 0 Å². The molecule has 3 rings (SSSR count). The van der Waals surface area contributed by atoms with Crippen LogP contribution in [0.25, 0.3) is 0 Å². The highest BCUT2D eigenvalue weighted by atomic mass is 32.2. The molecule has 1 saturated heterocycles. The van der Waals surface area contributed by atoms with Gasteiger partial charge in [-0.05, 0) is 55.9 Å². The monoisotopic (exact) mass is 308 g/mol. The Kier molecular flexibility index (Phi) is 4.22. The first kappa shape index (κ1) is 14.9. The zero-order chi connectivity index (χ0) is 14.9. The Morgan fingerprint density at radius 2 is 1.71 bits per heavy atom. The second-order valence-corrected chi connectivity index (χ2v) is 8.03. The molecule has 0 spiro atoms. The maximum absolute atomic E-state index is 12.9. The van der Waals surface area contributed by atoms with Crippen molar-refractivity contribution >= 4 is 15.7 Å². The van der Waals surface area contributed by atoms with Crippen molar-refractivity contribution in [3.05, 3.63) is 24.3 Å². The molecule has 2 atom stereocenters. The van der Waals surface area contributed by atoms with Crippen LogP contribution in [0.3, 0.4) is 0 Å². The van der Waals surface area contributed by atoms with Crippen LogP contribution in [0.1, 0.15) is 38.5 Å². The van der Waals surface area contributed by atoms with Crippen LogP contribution in [0.5, 0.6) is 0 Å². The molecule has 1 saturated carbocycles. The minimum Gasteiger partial charge on any atom is -0.388 e. The summed E-state index contributed by atoms with van der Waals surface area (Å²) in [6.45, 7) is 0.678. The van der Waals surface area contributed by atoms with E-state index in [1.165, 1.54) is 19.3 Å². The van der Waals surface area contributed by atoms with Gasteiger partial charge in [-0.15, -0.1) is 0 Å². The van der Waals surface area contributed by atoms with Gasteiger partial charge in [0.25, 0.3) is 0 Å². The fraction of sp³-hybridized carbons (Fsp3) is 0.625. The highest BCUT2D eigenvalue weighted by molar-refractivity contribution is 7.89. The molecule has 0 amide bonds. The van der Waals surface area contributed by atoms with Gasteiger partial charge in [0.2, 0.25) is 10.0 Å². The molecule has 4 nitrogen and oxygen atoms in total. The van der Waals surface area contributed by atoms with E-state index in [9.17, 15) is 8.42 Å². The Morgan fingerprint density at radius 1 is 1.05 bits per heavy atom. The number of anilines is 1. The van der Waals surface area contributed by atoms with E-state index in [4.69, 9.17) is 0 Å². The Morgan fingerprint density at radius 3 is 2.43 bits per heavy atom. The normalized spacial score (nSPS) is 27.1. The number of rotatable bonds is 3. The van der Waals surface area contributed by atoms with E-state index in [1.54, 1.807) is 16.4 Å². The minimum absolute atomic E-state index is 0.224. The molecule has 21 heavy (non-hydrogen) atoms. The maximum Gasteiger partial charge on any atom is 0.243 e. The molecule has 1 aromatic carbocycles. The van der Waals surface area contributed by atoms with Crippen LogP contribution in [0.2, 0.25) is 0 Å². The van der Waals surface area contributed by atoms with Crippen molar-refractivity contribution in [2.75, 3.05) is 18.9 Å². The average molecular weight is 308 g/mol. The predicted octanol–water partition coefficient (Wildman–Crippen LogP) is 3.07. The molecule has 1 N–H and O–H groups in total. The third-order valence-electron chi connectivity index (χ3n) is 4.94. The third kappa shape index (κ3) is 2.81. The van der Waals surface area contributed by atoms with Crippen LogP contribution in [-0.4, -0.2) is 32.4 Å². The lowest BCUT2D eigenvalue weighted by Crippen LogP contribution is -2.49. The van der Waals surface area contributed by atoms with Crippen LogP contribution >= 0.6 is 0 Å². The van der Waals surface area contributed by atoms with Crippen molar-refractivity contribution < 1.29 is 8.42 Å². The number of nitrogens with zero attached hydrogens (tertiary/aromatic N) is 1. The number of hydrogen-bond acceptors (Lipinski definition) is 3. The van der Waals surface area contributed by atoms with Crippen LogP contribution in [0, 0.1) is 5.92 Å². The summed E-state index contributed by atoms with van der Waals surface area (Å²) in [7, 11) is -1.52. The molecular formula is C16H24N2O2S. The summed E-state index contributed by atoms with van der Waals surface area (Å²) >= 11 is 0. The fourth-order valence-electron chi connectivity index (χ4n) is 3.81. The fourth-order valence-corrected chi connectivity index (χ4v) is 5.56. The second-order valence-electron chi connectivity index (χ2n) is 6.14. The lowest BCUT2D eigenvalue weighted by molar-refractivity contribution is 0.129. The third-order valence-corrected chi connectivity index (χ3v) is 6.88. The molecule has 0 radical (unpaired) electrons. The predicted molar refractivity (Wildman–Crippen MR) is 84.9 cm³/mol. The van der Waals surface area contributed by atoms with Gasteiger partial charge < -0.3 is 5.32 Å². The number of sulfonamides is 1. The maximum atomic E-state index is 12.9. The molecule has 0 aromatic heterocycles. The van der Waals surface area contributed by atoms with Crippen LogP contribution < -0.4 is 5.32 Å². The zero-order valence-corrected chi connectivity index (χ0v) is 13.4. The molecule has 5 heteroatoms. The van der Waals surface area contributed by atoms with Gasteiger partial charge in [-0.2, -0.15) is 4.31 Å². The largest absolute Gasteiger partial charge is 0.388 e. The van der Waals surface area contributed by atoms with Gasteiger partial charge in [0.1, 0.15) is 0 Å². The van der Waals surface area contributed by atoms with Gasteiger partial charge in [0.05, 0.1) is 4.90 Å². The van der Waals surface area contributed by atoms with Crippen molar-refractivity contribution in [3.8, 4) is 0 Å². The molecule has 0 bridgehead atoms. The molecule has 2 unspecified atom stereocenters. The van der Waals surface area contributed by atoms with Crippen LogP contribution in [-0.2, 0) is 10.0 Å². The number of piperidine rings is 1. The Hall–Kier alpha value is -1.07. The average Bonchev–Trinajstić information content (AvgIpc) is 2.54. The number of fused-ring (bicyclic) bond motifs is 1. The van der Waals surface area contributed by atoms with Crippen LogP contribution in [0.4, 0.5) is 5.69 Å². The molecule has 2 fully saturated rings. The van der Waals surface area contributed by atoms with E-state index in [2.05, 4.69) is 5.32 Å². The van der Waals surface area contributed by atoms with E-state index in [-0.39, 0.29) is 6.04 Å². The summed E-state index contributed by atoms with van der Waals surface area (Å²) in [5.74, 6) is 0.568. The smallest absolute Gasteiger partial charge is 0.243 e. The summed E-state index contributed by atoms with van der Waals surface area (Å²) in [5.41, 5.74) is 0.933. The van der Waals surface area contributed by atoms with E-state index >= 15 is 0 Å². The van der Waals surface area contributed by atoms with Gasteiger partial charge in [-0.25, -0.2) is 8.42 Å². The number of benzene rings is 1. The SMILES string of the molecule is CNc1ccc(S(=O)(=O)N2CCCC3CCCCC32)cc1. The van der Waals surface area contributed by atoms with E-state index in [0.717, 1.165) is 24.9 Å². The second kappa shape index (κ2) is 5.97. The van der Waals surface area contributed by atoms with Crippen molar-refractivity contribution in [2.24, 2.45) is 5.92 Å². The first-order valence-corrected chi connectivity index (χ1v) is 9.36. The molecule has 1 aliphatic heterocycles. The minimum atomic E-state index is -3.35. The van der Waals surface area contributed by atoms with E-state index < -0.39 is 10.0 Å². The Bertz CT molecular complexity index is 581. The lowest BCUT2D eigenvalue weighted by atomic mass is 9.79. The molecule has 2 aliphatic rings. The summed E-state index contributed by atoms with van der Waals surface area (Å²) in [4.78, 5) is 0.424. The quantitative estimate of drug-likeness (QED) is 0.933. The molecule has 116 valence electrons. The van der Waals surface area contributed by atoms with Gasteiger partial charge in [-0.1, -0.05) is 12.8 Å². The molecule has 1 aromatic rings. The Balaban J connectivity index is 1.88. The molecule has 1 heterocycles. The summed E-state index contributed by atoms with van der Waals surface area (Å²) in [6, 6.07) is 7.31.